The quantitative estimate of drug-likeness (QED) is 0.0366. The number of rotatable bonds is 64. The molecule has 5 atom stereocenters. The first-order chi connectivity index (χ1) is 47.8. The average Bonchev–Trinajstić information content (AvgIpc) is 0.855. The number of carbonyl (C=O) groups excluding carboxylic acids is 2. The van der Waals surface area contributed by atoms with Crippen molar-refractivity contribution in [3.8, 4) is 0 Å². The zero-order valence-electron chi connectivity index (χ0n) is 72.4. The fourth-order valence-corrected chi connectivity index (χ4v) is 18.3. The van der Waals surface area contributed by atoms with Gasteiger partial charge < -0.3 is 37.5 Å². The third-order valence-corrected chi connectivity index (χ3v) is 41.8. The van der Waals surface area contributed by atoms with E-state index in [-0.39, 0.29) is 64.2 Å². The second-order valence-electron chi connectivity index (χ2n) is 37.6. The summed E-state index contributed by atoms with van der Waals surface area (Å²) in [4.78, 5) is 41.2. The van der Waals surface area contributed by atoms with Gasteiger partial charge in [0.25, 0.3) is 0 Å². The lowest BCUT2D eigenvalue weighted by Crippen LogP contribution is -2.50. The van der Waals surface area contributed by atoms with E-state index in [0.717, 1.165) is 96.3 Å². The summed E-state index contributed by atoms with van der Waals surface area (Å²) in [6, 6.07) is -0.970. The predicted octanol–water partition coefficient (Wildman–Crippen LogP) is 25.7. The van der Waals surface area contributed by atoms with Gasteiger partial charge in [-0.3, -0.25) is 9.80 Å². The molecule has 0 spiro atoms. The number of unbranched alkanes of at least 4 members (excludes halogenated alkanes) is 28. The molecule has 0 fully saturated rings. The molecule has 604 valence electrons. The van der Waals surface area contributed by atoms with Crippen molar-refractivity contribution in [2.75, 3.05) is 52.5 Å². The van der Waals surface area contributed by atoms with Crippen molar-refractivity contribution in [3.05, 3.63) is 18.2 Å². The molecule has 4 unspecified atom stereocenters. The highest BCUT2D eigenvalue weighted by Crippen LogP contribution is 2.42. The maximum absolute atomic E-state index is 14.5. The first-order valence-electron chi connectivity index (χ1n) is 43.1. The molecule has 0 aliphatic heterocycles. The number of hydrogen-bond acceptors (Lipinski definition) is 11. The Morgan fingerprint density at radius 2 is 0.647 bits per heavy atom. The summed E-state index contributed by atoms with van der Waals surface area (Å²) in [7, 11) is -8.52. The number of esters is 1. The van der Waals surface area contributed by atoms with Crippen LogP contribution in [0.3, 0.4) is 0 Å². The van der Waals surface area contributed by atoms with Crippen LogP contribution in [0.25, 0.3) is 0 Å². The van der Waals surface area contributed by atoms with Gasteiger partial charge in [0.15, 0.2) is 33.3 Å². The van der Waals surface area contributed by atoms with Crippen molar-refractivity contribution in [3.63, 3.8) is 0 Å². The molecule has 2 N–H and O–H groups in total. The van der Waals surface area contributed by atoms with E-state index in [0.29, 0.717) is 12.8 Å². The number of H-pyrrole nitrogens is 1. The second kappa shape index (κ2) is 53.4. The highest BCUT2D eigenvalue weighted by molar-refractivity contribution is 6.75. The fourth-order valence-electron chi connectivity index (χ4n) is 12.8. The Morgan fingerprint density at radius 3 is 0.892 bits per heavy atom. The number of nitrogens with zero attached hydrogens (tertiary/aromatic N) is 3. The number of carbonyl (C=O) groups is 2. The number of imidazole rings is 1. The Hall–Kier alpha value is -1.42. The lowest BCUT2D eigenvalue weighted by atomic mass is 10.0. The minimum Gasteiger partial charge on any atom is -0.464 e. The summed E-state index contributed by atoms with van der Waals surface area (Å²) in [5.74, 6) is -0.476. The first-order valence-corrected chi connectivity index (χ1v) is 54.7. The van der Waals surface area contributed by atoms with Crippen LogP contribution in [0.4, 0.5) is 4.79 Å². The SMILES string of the molecule is CCCCCCCCCCC(CN(CCCOC(=O)N[C@@H](Cc1cnc[nH]1)C(=O)OCCCN(CC(CCCCCCCCCC)O[Si](C)(C)C(C)(C)C)CC(CCCCCCCCCC)O[Si](C)(C)C(C)(C)C)CC(CCCCCCCCCC)O[Si](C)(C)C(C)(C)C)O[Si](C)(C)C(C)(C)C. The van der Waals surface area contributed by atoms with E-state index in [1.807, 2.05) is 0 Å². The average molecular weight is 1510 g/mol. The maximum atomic E-state index is 14.5. The highest BCUT2D eigenvalue weighted by atomic mass is 28.4. The van der Waals surface area contributed by atoms with E-state index in [4.69, 9.17) is 27.2 Å². The number of nitrogens with one attached hydrogen (secondary N) is 2. The molecular weight excluding hydrogens is 1330 g/mol. The predicted molar refractivity (Wildman–Crippen MR) is 451 cm³/mol. The van der Waals surface area contributed by atoms with Crippen LogP contribution >= 0.6 is 0 Å². The molecule has 1 amide bonds. The van der Waals surface area contributed by atoms with Gasteiger partial charge in [0.05, 0.1) is 44.0 Å². The molecule has 1 aromatic rings. The topological polar surface area (TPSA) is 137 Å². The van der Waals surface area contributed by atoms with Crippen LogP contribution in [0.5, 0.6) is 0 Å². The monoisotopic (exact) mass is 1510 g/mol. The molecule has 17 heteroatoms. The molecule has 13 nitrogen and oxygen atoms in total. The Bertz CT molecular complexity index is 2080. The van der Waals surface area contributed by atoms with Gasteiger partial charge in [-0.05, 0) is 111 Å². The smallest absolute Gasteiger partial charge is 0.407 e. The highest BCUT2D eigenvalue weighted by Gasteiger charge is 2.44. The summed E-state index contributed by atoms with van der Waals surface area (Å²) >= 11 is 0. The van der Waals surface area contributed by atoms with E-state index >= 15 is 0 Å². The second-order valence-corrected chi connectivity index (χ2v) is 56.6. The van der Waals surface area contributed by atoms with Gasteiger partial charge >= 0.3 is 12.1 Å². The molecule has 0 bridgehead atoms. The zero-order valence-corrected chi connectivity index (χ0v) is 76.4. The zero-order chi connectivity index (χ0) is 76.8. The summed E-state index contributed by atoms with van der Waals surface area (Å²) < 4.78 is 42.1. The number of aromatic amines is 1. The van der Waals surface area contributed by atoms with Crippen LogP contribution in [0.15, 0.2) is 12.5 Å². The van der Waals surface area contributed by atoms with Crippen molar-refractivity contribution in [2.45, 2.75) is 464 Å². The summed E-state index contributed by atoms with van der Waals surface area (Å²) in [6.07, 6.45) is 49.7. The van der Waals surface area contributed by atoms with Gasteiger partial charge in [-0.15, -0.1) is 0 Å². The van der Waals surface area contributed by atoms with E-state index < -0.39 is 51.4 Å². The van der Waals surface area contributed by atoms with Crippen LogP contribution in [-0.4, -0.2) is 148 Å². The van der Waals surface area contributed by atoms with Crippen LogP contribution in [0.1, 0.15) is 360 Å². The van der Waals surface area contributed by atoms with Crippen LogP contribution in [0.2, 0.25) is 72.5 Å². The third-order valence-electron chi connectivity index (χ3n) is 23.7. The van der Waals surface area contributed by atoms with Gasteiger partial charge in [-0.2, -0.15) is 0 Å². The maximum Gasteiger partial charge on any atom is 0.407 e. The number of ether oxygens (including phenoxy) is 2. The fraction of sp³-hybridized carbons (Fsp3) is 0.941. The third kappa shape index (κ3) is 45.5. The van der Waals surface area contributed by atoms with Gasteiger partial charge in [-0.25, -0.2) is 14.6 Å². The van der Waals surface area contributed by atoms with E-state index in [1.54, 1.807) is 12.5 Å². The Labute approximate surface area is 638 Å². The van der Waals surface area contributed by atoms with Crippen molar-refractivity contribution in [1.82, 2.24) is 25.1 Å². The van der Waals surface area contributed by atoms with Gasteiger partial charge in [-0.1, -0.05) is 316 Å². The minimum atomic E-state index is -2.13. The van der Waals surface area contributed by atoms with Crippen LogP contribution in [-0.2, 0) is 38.4 Å². The number of aromatic nitrogens is 2. The molecule has 102 heavy (non-hydrogen) atoms. The molecule has 1 aromatic heterocycles. The van der Waals surface area contributed by atoms with Crippen LogP contribution in [0, 0.1) is 0 Å². The molecule has 0 saturated carbocycles. The number of alkyl carbamates (subject to hydrolysis) is 1. The Kier molecular flexibility index (Phi) is 51.6. The van der Waals surface area contributed by atoms with Crippen LogP contribution < -0.4 is 5.32 Å². The van der Waals surface area contributed by atoms with Gasteiger partial charge in [0.1, 0.15) is 6.04 Å². The summed E-state index contributed by atoms with van der Waals surface area (Å²) in [6.45, 7) is 61.9. The van der Waals surface area contributed by atoms with Crippen molar-refractivity contribution < 1.29 is 36.8 Å². The summed E-state index contributed by atoms with van der Waals surface area (Å²) in [5, 5.41) is 3.29. The van der Waals surface area contributed by atoms with E-state index in [2.05, 4.69) is 188 Å². The lowest BCUT2D eigenvalue weighted by Gasteiger charge is -2.42. The minimum absolute atomic E-state index is 0.0787. The standard InChI is InChI=1S/C85H175N5O8Si4/c1-25-29-33-37-41-45-49-53-59-75(95-99(17,18)82(5,6)7)69-89(70-76(96-100(19,20)83(8,9)10)60-54-50-46-42-38-34-30-26-2)63-57-65-93-80(91)79(67-74-68-86-73-87-74)88-81(92)94-66-58-64-90(71-77(97-101(21,22)84(11,12)13)61-55-51-47-43-39-35-31-27-3)72-78(98-102(23,24)85(14,15)16)62-56-52-48-44-40-36-32-28-4/h68,73,75-79H,25-67,69-72H2,1-24H3,(H,86,87)(H,88,92)/t75?,76?,77?,78?,79-/m0/s1. The first kappa shape index (κ1) is 98.6. The summed E-state index contributed by atoms with van der Waals surface area (Å²) in [5.41, 5.74) is 0.732. The molecule has 1 rings (SSSR count). The Morgan fingerprint density at radius 1 is 0.392 bits per heavy atom. The van der Waals surface area contributed by atoms with Gasteiger partial charge in [0.2, 0.25) is 0 Å². The molecule has 0 aliphatic rings. The van der Waals surface area contributed by atoms with Crippen molar-refractivity contribution in [1.29, 1.82) is 0 Å². The molecule has 0 aliphatic carbocycles. The van der Waals surface area contributed by atoms with Gasteiger partial charge in [0, 0.05) is 57.6 Å². The largest absolute Gasteiger partial charge is 0.464 e. The van der Waals surface area contributed by atoms with E-state index in [1.165, 1.54) is 180 Å². The molecular formula is C85H175N5O8Si4. The molecule has 0 radical (unpaired) electrons. The normalized spacial score (nSPS) is 14.8. The molecule has 0 aromatic carbocycles. The number of amides is 1. The van der Waals surface area contributed by atoms with Crippen molar-refractivity contribution in [2.24, 2.45) is 0 Å². The van der Waals surface area contributed by atoms with Crippen molar-refractivity contribution >= 4 is 45.3 Å². The lowest BCUT2D eigenvalue weighted by molar-refractivity contribution is -0.146. The van der Waals surface area contributed by atoms with E-state index in [9.17, 15) is 9.59 Å². The Balaban J connectivity index is 3.63. The number of hydrogen-bond donors (Lipinski definition) is 2. The molecule has 1 heterocycles. The molecule has 0 saturated heterocycles.